The maximum absolute atomic E-state index is 10.9. The van der Waals surface area contributed by atoms with Crippen molar-refractivity contribution in [3.05, 3.63) is 38.6 Å². The number of aromatic amines is 1. The van der Waals surface area contributed by atoms with E-state index >= 15 is 0 Å². The minimum Gasteiger partial charge on any atom is -0.394 e. The fraction of sp³-hybridized carbons (Fsp3) is 0.125. The van der Waals surface area contributed by atoms with Crippen LogP contribution in [-0.4, -0.2) is 11.5 Å². The van der Waals surface area contributed by atoms with Gasteiger partial charge in [-0.25, -0.2) is 0 Å². The minimum atomic E-state index is -0.342. The van der Waals surface area contributed by atoms with Crippen molar-refractivity contribution < 1.29 is 0 Å². The van der Waals surface area contributed by atoms with E-state index in [9.17, 15) is 4.79 Å². The first-order valence-corrected chi connectivity index (χ1v) is 3.72. The van der Waals surface area contributed by atoms with Crippen LogP contribution in [0.25, 0.3) is 10.4 Å². The standard InChI is InChI=1S/C8H7N5O/c9-7-4-6(5-11-8(7)14)2-1-3-12-13-10/h4-5H,3,9H2,(H,11,14). The molecule has 0 aliphatic heterocycles. The molecule has 1 aromatic rings. The maximum atomic E-state index is 10.9. The van der Waals surface area contributed by atoms with E-state index in [1.807, 2.05) is 0 Å². The first-order valence-electron chi connectivity index (χ1n) is 3.72. The van der Waals surface area contributed by atoms with Gasteiger partial charge in [0.2, 0.25) is 0 Å². The largest absolute Gasteiger partial charge is 0.394 e. The van der Waals surface area contributed by atoms with Crippen LogP contribution in [0.3, 0.4) is 0 Å². The van der Waals surface area contributed by atoms with Gasteiger partial charge >= 0.3 is 0 Å². The van der Waals surface area contributed by atoms with Crippen LogP contribution in [0.5, 0.6) is 0 Å². The van der Waals surface area contributed by atoms with E-state index in [1.54, 1.807) is 0 Å². The van der Waals surface area contributed by atoms with Crippen molar-refractivity contribution in [3.8, 4) is 11.8 Å². The van der Waals surface area contributed by atoms with Gasteiger partial charge in [0, 0.05) is 16.7 Å². The average Bonchev–Trinajstić information content (AvgIpc) is 2.18. The smallest absolute Gasteiger partial charge is 0.271 e. The Morgan fingerprint density at radius 3 is 3.14 bits per heavy atom. The van der Waals surface area contributed by atoms with Crippen LogP contribution >= 0.6 is 0 Å². The van der Waals surface area contributed by atoms with Gasteiger partial charge in [-0.1, -0.05) is 17.0 Å². The van der Waals surface area contributed by atoms with Gasteiger partial charge in [0.1, 0.15) is 0 Å². The van der Waals surface area contributed by atoms with Gasteiger partial charge < -0.3 is 10.7 Å². The summed E-state index contributed by atoms with van der Waals surface area (Å²) in [5.74, 6) is 5.28. The number of anilines is 1. The number of nitrogens with zero attached hydrogens (tertiary/aromatic N) is 3. The monoisotopic (exact) mass is 189 g/mol. The Morgan fingerprint density at radius 2 is 2.50 bits per heavy atom. The number of rotatable bonds is 1. The summed E-state index contributed by atoms with van der Waals surface area (Å²) in [6, 6.07) is 1.46. The zero-order chi connectivity index (χ0) is 10.4. The lowest BCUT2D eigenvalue weighted by atomic mass is 10.2. The van der Waals surface area contributed by atoms with Gasteiger partial charge in [-0.05, 0) is 11.6 Å². The Bertz CT molecular complexity index is 486. The van der Waals surface area contributed by atoms with Crippen LogP contribution in [-0.2, 0) is 0 Å². The number of hydrogen-bond donors (Lipinski definition) is 2. The molecule has 0 unspecified atom stereocenters. The highest BCUT2D eigenvalue weighted by Gasteiger charge is 1.92. The Morgan fingerprint density at radius 1 is 1.71 bits per heavy atom. The second kappa shape index (κ2) is 4.60. The van der Waals surface area contributed by atoms with Crippen molar-refractivity contribution in [1.29, 1.82) is 0 Å². The van der Waals surface area contributed by atoms with Gasteiger partial charge in [0.05, 0.1) is 12.2 Å². The second-order valence-corrected chi connectivity index (χ2v) is 2.36. The molecule has 0 fully saturated rings. The van der Waals surface area contributed by atoms with E-state index in [0.29, 0.717) is 5.56 Å². The molecule has 0 saturated carbocycles. The van der Waals surface area contributed by atoms with E-state index in [-0.39, 0.29) is 17.8 Å². The van der Waals surface area contributed by atoms with Crippen molar-refractivity contribution in [3.63, 3.8) is 0 Å². The number of azide groups is 1. The van der Waals surface area contributed by atoms with E-state index < -0.39 is 0 Å². The predicted molar refractivity (Wildman–Crippen MR) is 52.4 cm³/mol. The highest BCUT2D eigenvalue weighted by Crippen LogP contribution is 1.96. The normalized spacial score (nSPS) is 8.29. The molecule has 1 heterocycles. The molecule has 1 rings (SSSR count). The fourth-order valence-corrected chi connectivity index (χ4v) is 0.782. The highest BCUT2D eigenvalue weighted by atomic mass is 16.1. The number of nitrogens with two attached hydrogens (primary N) is 1. The minimum absolute atomic E-state index is 0.0928. The fourth-order valence-electron chi connectivity index (χ4n) is 0.782. The van der Waals surface area contributed by atoms with Crippen LogP contribution < -0.4 is 11.3 Å². The number of H-pyrrole nitrogens is 1. The Labute approximate surface area is 79.4 Å². The average molecular weight is 189 g/mol. The molecule has 3 N–H and O–H groups in total. The summed E-state index contributed by atoms with van der Waals surface area (Å²) in [7, 11) is 0. The molecule has 0 aliphatic rings. The molecule has 14 heavy (non-hydrogen) atoms. The Kier molecular flexibility index (Phi) is 3.19. The lowest BCUT2D eigenvalue weighted by Crippen LogP contribution is -2.10. The molecule has 1 aromatic heterocycles. The Balaban J connectivity index is 2.85. The van der Waals surface area contributed by atoms with E-state index in [0.717, 1.165) is 0 Å². The highest BCUT2D eigenvalue weighted by molar-refractivity contribution is 5.44. The molecule has 0 atom stereocenters. The van der Waals surface area contributed by atoms with Crippen LogP contribution in [0.1, 0.15) is 5.56 Å². The quantitative estimate of drug-likeness (QED) is 0.292. The van der Waals surface area contributed by atoms with Crippen LogP contribution in [0.15, 0.2) is 22.2 Å². The molecule has 0 spiro atoms. The zero-order valence-electron chi connectivity index (χ0n) is 7.19. The summed E-state index contributed by atoms with van der Waals surface area (Å²) in [6.45, 7) is 0.0928. The van der Waals surface area contributed by atoms with Gasteiger partial charge in [0.25, 0.3) is 5.56 Å². The second-order valence-electron chi connectivity index (χ2n) is 2.36. The first-order chi connectivity index (χ1) is 6.74. The number of nitrogen functional groups attached to an aromatic ring is 1. The molecule has 0 bridgehead atoms. The van der Waals surface area contributed by atoms with Crippen LogP contribution in [0.4, 0.5) is 5.69 Å². The van der Waals surface area contributed by atoms with E-state index in [1.165, 1.54) is 12.3 Å². The van der Waals surface area contributed by atoms with E-state index in [4.69, 9.17) is 11.3 Å². The van der Waals surface area contributed by atoms with E-state index in [2.05, 4.69) is 26.9 Å². The number of pyridine rings is 1. The summed E-state index contributed by atoms with van der Waals surface area (Å²) >= 11 is 0. The van der Waals surface area contributed by atoms with Crippen molar-refractivity contribution in [2.24, 2.45) is 5.11 Å². The number of hydrogen-bond acceptors (Lipinski definition) is 3. The van der Waals surface area contributed by atoms with Gasteiger partial charge in [0.15, 0.2) is 0 Å². The number of nitrogens with one attached hydrogen (secondary N) is 1. The lowest BCUT2D eigenvalue weighted by molar-refractivity contribution is 1.23. The molecule has 0 saturated heterocycles. The molecular weight excluding hydrogens is 182 g/mol. The van der Waals surface area contributed by atoms with Gasteiger partial charge in [-0.2, -0.15) is 0 Å². The summed E-state index contributed by atoms with van der Waals surface area (Å²) < 4.78 is 0. The first kappa shape index (κ1) is 9.71. The van der Waals surface area contributed by atoms with Crippen molar-refractivity contribution in [1.82, 2.24) is 4.98 Å². The van der Waals surface area contributed by atoms with Crippen LogP contribution in [0, 0.1) is 11.8 Å². The van der Waals surface area contributed by atoms with Gasteiger partial charge in [-0.15, -0.1) is 0 Å². The molecule has 0 aromatic carbocycles. The van der Waals surface area contributed by atoms with Crippen LogP contribution in [0.2, 0.25) is 0 Å². The van der Waals surface area contributed by atoms with Crippen molar-refractivity contribution >= 4 is 5.69 Å². The molecule has 0 amide bonds. The van der Waals surface area contributed by atoms with Crippen molar-refractivity contribution in [2.75, 3.05) is 12.3 Å². The molecule has 6 nitrogen and oxygen atoms in total. The molecule has 70 valence electrons. The number of aromatic nitrogens is 1. The molecular formula is C8H7N5O. The maximum Gasteiger partial charge on any atom is 0.271 e. The third-order valence-electron chi connectivity index (χ3n) is 1.38. The Hall–Kier alpha value is -2.38. The summed E-state index contributed by atoms with van der Waals surface area (Å²) in [5, 5.41) is 3.23. The van der Waals surface area contributed by atoms with Gasteiger partial charge in [-0.3, -0.25) is 4.79 Å². The third kappa shape index (κ3) is 2.59. The summed E-state index contributed by atoms with van der Waals surface area (Å²) in [5.41, 5.74) is 13.7. The van der Waals surface area contributed by atoms with Crippen molar-refractivity contribution in [2.45, 2.75) is 0 Å². The molecule has 0 aliphatic carbocycles. The predicted octanol–water partition coefficient (Wildman–Crippen LogP) is 0.619. The molecule has 6 heteroatoms. The zero-order valence-corrected chi connectivity index (χ0v) is 7.19. The summed E-state index contributed by atoms with van der Waals surface area (Å²) in [4.78, 5) is 15.8. The molecule has 0 radical (unpaired) electrons. The SMILES string of the molecule is [N-]=[N+]=NCC#Cc1c[nH]c(=O)c(N)c1. The summed E-state index contributed by atoms with van der Waals surface area (Å²) in [6.07, 6.45) is 1.45. The lowest BCUT2D eigenvalue weighted by Gasteiger charge is -1.91. The topological polar surface area (TPSA) is 108 Å². The third-order valence-corrected chi connectivity index (χ3v) is 1.38.